The molecule has 0 saturated heterocycles. The van der Waals surface area contributed by atoms with Crippen molar-refractivity contribution in [2.45, 2.75) is 45.8 Å². The summed E-state index contributed by atoms with van der Waals surface area (Å²) >= 11 is 6.12. The van der Waals surface area contributed by atoms with Crippen molar-refractivity contribution in [1.82, 2.24) is 25.6 Å². The first kappa shape index (κ1) is 37.7. The van der Waals surface area contributed by atoms with Gasteiger partial charge in [-0.1, -0.05) is 67.4 Å². The number of nitrogens with one attached hydrogen (secondary N) is 5. The molecule has 0 atom stereocenters. The van der Waals surface area contributed by atoms with E-state index in [-0.39, 0.29) is 54.9 Å². The summed E-state index contributed by atoms with van der Waals surface area (Å²) < 4.78 is 19.7. The molecule has 0 unspecified atom stereocenters. The van der Waals surface area contributed by atoms with Gasteiger partial charge in [0, 0.05) is 35.1 Å². The number of aryl methyl sites for hydroxylation is 1. The summed E-state index contributed by atoms with van der Waals surface area (Å²) in [6.07, 6.45) is 1.73. The summed E-state index contributed by atoms with van der Waals surface area (Å²) in [4.78, 5) is 51.3. The van der Waals surface area contributed by atoms with Gasteiger partial charge in [0.25, 0.3) is 5.91 Å². The topological polar surface area (TPSA) is 159 Å². The maximum Gasteiger partial charge on any atom is 0.323 e. The van der Waals surface area contributed by atoms with E-state index >= 15 is 0 Å². The van der Waals surface area contributed by atoms with E-state index in [1.54, 1.807) is 48.5 Å². The highest BCUT2D eigenvalue weighted by molar-refractivity contribution is 6.39. The molecule has 1 fully saturated rings. The van der Waals surface area contributed by atoms with Crippen LogP contribution in [0.1, 0.15) is 53.7 Å². The fourth-order valence-corrected chi connectivity index (χ4v) is 5.57. The third kappa shape index (κ3) is 10.3. The van der Waals surface area contributed by atoms with E-state index in [1.165, 1.54) is 12.1 Å². The van der Waals surface area contributed by atoms with Gasteiger partial charge >= 0.3 is 17.8 Å². The summed E-state index contributed by atoms with van der Waals surface area (Å²) in [7, 11) is 0. The number of ether oxygens (including phenoxy) is 1. The molecule has 3 amide bonds. The van der Waals surface area contributed by atoms with Crippen molar-refractivity contribution in [3.63, 3.8) is 0 Å². The Kier molecular flexibility index (Phi) is 11.4. The summed E-state index contributed by atoms with van der Waals surface area (Å²) in [5.41, 5.74) is 3.32. The van der Waals surface area contributed by atoms with Gasteiger partial charge in [-0.05, 0) is 97.0 Å². The Morgan fingerprint density at radius 1 is 0.815 bits per heavy atom. The fourth-order valence-electron chi connectivity index (χ4n) is 5.44. The Labute approximate surface area is 317 Å². The zero-order valence-corrected chi connectivity index (χ0v) is 30.8. The van der Waals surface area contributed by atoms with Crippen molar-refractivity contribution in [3.8, 4) is 6.01 Å². The minimum Gasteiger partial charge on any atom is -0.458 e. The van der Waals surface area contributed by atoms with Crippen LogP contribution in [0.15, 0.2) is 97.1 Å². The number of halogens is 2. The van der Waals surface area contributed by atoms with Gasteiger partial charge in [0.2, 0.25) is 11.9 Å². The van der Waals surface area contributed by atoms with Crippen LogP contribution in [0.4, 0.5) is 27.7 Å². The molecule has 1 heterocycles. The van der Waals surface area contributed by atoms with E-state index < -0.39 is 17.2 Å². The van der Waals surface area contributed by atoms with Gasteiger partial charge in [0.15, 0.2) is 0 Å². The number of carbonyl (C=O) groups is 3. The molecule has 1 saturated carbocycles. The lowest BCUT2D eigenvalue weighted by molar-refractivity contribution is -0.136. The maximum atomic E-state index is 13.8. The van der Waals surface area contributed by atoms with E-state index in [2.05, 4.69) is 41.5 Å². The maximum absolute atomic E-state index is 13.8. The predicted octanol–water partition coefficient (Wildman–Crippen LogP) is 6.91. The van der Waals surface area contributed by atoms with E-state index in [9.17, 15) is 18.8 Å². The summed E-state index contributed by atoms with van der Waals surface area (Å²) in [6, 6.07) is 27.6. The number of anilines is 4. The smallest absolute Gasteiger partial charge is 0.323 e. The van der Waals surface area contributed by atoms with Gasteiger partial charge in [0.1, 0.15) is 12.4 Å². The Hall–Kier alpha value is -6.08. The minimum atomic E-state index is -0.769. The van der Waals surface area contributed by atoms with Crippen LogP contribution in [0.25, 0.3) is 0 Å². The van der Waals surface area contributed by atoms with E-state index in [4.69, 9.17) is 16.3 Å². The van der Waals surface area contributed by atoms with Gasteiger partial charge in [-0.2, -0.15) is 15.0 Å². The van der Waals surface area contributed by atoms with Gasteiger partial charge in [-0.15, -0.1) is 0 Å². The van der Waals surface area contributed by atoms with Crippen LogP contribution in [0, 0.1) is 18.2 Å². The average Bonchev–Trinajstić information content (AvgIpc) is 3.93. The molecule has 6 rings (SSSR count). The second kappa shape index (κ2) is 16.3. The van der Waals surface area contributed by atoms with Crippen molar-refractivity contribution in [1.29, 1.82) is 0 Å². The summed E-state index contributed by atoms with van der Waals surface area (Å²) in [5, 5.41) is 15.4. The first-order valence-electron chi connectivity index (χ1n) is 17.3. The quantitative estimate of drug-likeness (QED) is 0.0761. The molecule has 5 aromatic rings. The number of nitrogens with zero attached hydrogens (tertiary/aromatic N) is 3. The average molecular weight is 751 g/mol. The number of aromatic nitrogens is 3. The number of amides is 3. The van der Waals surface area contributed by atoms with Crippen LogP contribution < -0.4 is 31.3 Å². The Morgan fingerprint density at radius 3 is 2.17 bits per heavy atom. The third-order valence-electron chi connectivity index (χ3n) is 8.74. The highest BCUT2D eigenvalue weighted by atomic mass is 35.5. The van der Waals surface area contributed by atoms with Gasteiger partial charge < -0.3 is 31.3 Å². The van der Waals surface area contributed by atoms with E-state index in [1.807, 2.05) is 57.2 Å². The first-order chi connectivity index (χ1) is 25.8. The van der Waals surface area contributed by atoms with Gasteiger partial charge in [-0.3, -0.25) is 14.4 Å². The fraction of sp³-hybridized carbons (Fsp3) is 0.250. The lowest BCUT2D eigenvalue weighted by Crippen LogP contribution is -2.44. The van der Waals surface area contributed by atoms with Crippen molar-refractivity contribution >= 4 is 52.6 Å². The zero-order chi connectivity index (χ0) is 38.3. The SMILES string of the molecule is Cc1ccc(NC(=O)C(=O)NCC(C)(C)CNC(=O)c2ccc(Nc3nc(NC4(c5ccc(Cl)cc5)CC4)nc(OCc4cccc(F)c4)n3)cc2)cc1. The van der Waals surface area contributed by atoms with Crippen LogP contribution in [0.3, 0.4) is 0 Å². The molecule has 12 nitrogen and oxygen atoms in total. The molecule has 0 aliphatic heterocycles. The van der Waals surface area contributed by atoms with E-state index in [0.29, 0.717) is 27.5 Å². The largest absolute Gasteiger partial charge is 0.458 e. The van der Waals surface area contributed by atoms with E-state index in [0.717, 1.165) is 24.0 Å². The Bertz CT molecular complexity index is 2130. The lowest BCUT2D eigenvalue weighted by Gasteiger charge is -2.25. The molecule has 54 heavy (non-hydrogen) atoms. The zero-order valence-electron chi connectivity index (χ0n) is 30.0. The van der Waals surface area contributed by atoms with Crippen LogP contribution in [-0.2, 0) is 21.7 Å². The number of benzene rings is 4. The molecule has 4 aromatic carbocycles. The van der Waals surface area contributed by atoms with Gasteiger partial charge in [-0.25, -0.2) is 4.39 Å². The highest BCUT2D eigenvalue weighted by Crippen LogP contribution is 2.48. The van der Waals surface area contributed by atoms with Gasteiger partial charge in [0.05, 0.1) is 5.54 Å². The number of carbonyl (C=O) groups excluding carboxylic acids is 3. The molecule has 278 valence electrons. The van der Waals surface area contributed by atoms with Crippen molar-refractivity contribution < 1.29 is 23.5 Å². The minimum absolute atomic E-state index is 0.0351. The molecular weight excluding hydrogens is 711 g/mol. The molecular formula is C40H40ClFN8O4. The molecule has 0 bridgehead atoms. The Balaban J connectivity index is 1.06. The normalized spacial score (nSPS) is 13.0. The number of rotatable bonds is 14. The molecule has 0 spiro atoms. The third-order valence-corrected chi connectivity index (χ3v) is 9.00. The molecule has 14 heteroatoms. The molecule has 0 radical (unpaired) electrons. The molecule has 1 aliphatic rings. The summed E-state index contributed by atoms with van der Waals surface area (Å²) in [5.74, 6) is -1.74. The second-order valence-electron chi connectivity index (χ2n) is 13.9. The lowest BCUT2D eigenvalue weighted by atomic mass is 9.93. The van der Waals surface area contributed by atoms with Crippen LogP contribution in [0.5, 0.6) is 6.01 Å². The monoisotopic (exact) mass is 750 g/mol. The standard InChI is InChI=1S/C40H40ClFN8O4/c1-25-7-15-31(16-8-25)45-35(53)34(52)44-24-39(2,3)23-43-33(51)27-9-17-32(18-10-27)46-36-47-37(50-40(19-20-40)28-11-13-29(41)14-12-28)49-38(48-36)54-22-26-5-4-6-30(42)21-26/h4-18,21H,19-20,22-24H2,1-3H3,(H,43,51)(H,44,52)(H,45,53)(H2,46,47,48,49,50). The van der Waals surface area contributed by atoms with Crippen LogP contribution in [-0.4, -0.2) is 45.8 Å². The number of hydrogen-bond acceptors (Lipinski definition) is 9. The summed E-state index contributed by atoms with van der Waals surface area (Å²) in [6.45, 7) is 6.10. The molecule has 1 aromatic heterocycles. The predicted molar refractivity (Wildman–Crippen MR) is 205 cm³/mol. The van der Waals surface area contributed by atoms with Crippen molar-refractivity contribution in [3.05, 3.63) is 130 Å². The van der Waals surface area contributed by atoms with Crippen LogP contribution >= 0.6 is 11.6 Å². The Morgan fingerprint density at radius 2 is 1.48 bits per heavy atom. The molecule has 5 N–H and O–H groups in total. The highest BCUT2D eigenvalue weighted by Gasteiger charge is 2.45. The van der Waals surface area contributed by atoms with Crippen molar-refractivity contribution in [2.24, 2.45) is 5.41 Å². The van der Waals surface area contributed by atoms with Crippen LogP contribution in [0.2, 0.25) is 5.02 Å². The number of hydrogen-bond donors (Lipinski definition) is 5. The second-order valence-corrected chi connectivity index (χ2v) is 14.4. The molecule has 1 aliphatic carbocycles. The first-order valence-corrected chi connectivity index (χ1v) is 17.7. The van der Waals surface area contributed by atoms with Crippen molar-refractivity contribution in [2.75, 3.05) is 29.0 Å².